The van der Waals surface area contributed by atoms with Gasteiger partial charge in [-0.2, -0.15) is 8.78 Å². The summed E-state index contributed by atoms with van der Waals surface area (Å²) in [6.07, 6.45) is -0.497. The van der Waals surface area contributed by atoms with Gasteiger partial charge in [0, 0.05) is 10.9 Å². The summed E-state index contributed by atoms with van der Waals surface area (Å²) in [6, 6.07) is 9.02. The summed E-state index contributed by atoms with van der Waals surface area (Å²) in [6.45, 7) is 0. The fourth-order valence-electron chi connectivity index (χ4n) is 2.07. The zero-order valence-corrected chi connectivity index (χ0v) is 13.5. The first-order valence-corrected chi connectivity index (χ1v) is 7.98. The lowest BCUT2D eigenvalue weighted by molar-refractivity contribution is -0.134. The van der Waals surface area contributed by atoms with Crippen LogP contribution in [0.4, 0.5) is 22.0 Å². The summed E-state index contributed by atoms with van der Waals surface area (Å²) in [5.41, 5.74) is 1.04. The number of nitrogens with zero attached hydrogens (tertiary/aromatic N) is 1. The van der Waals surface area contributed by atoms with E-state index in [-0.39, 0.29) is 5.69 Å². The minimum atomic E-state index is -2.33. The van der Waals surface area contributed by atoms with Crippen LogP contribution < -0.4 is 4.74 Å². The van der Waals surface area contributed by atoms with Crippen LogP contribution in [0.5, 0.6) is 5.75 Å². The molecule has 0 amide bonds. The zero-order valence-electron chi connectivity index (χ0n) is 12.7. The highest BCUT2D eigenvalue weighted by Crippen LogP contribution is 2.29. The molecule has 0 aliphatic carbocycles. The van der Waals surface area contributed by atoms with Gasteiger partial charge in [-0.15, -0.1) is 11.3 Å². The van der Waals surface area contributed by atoms with Gasteiger partial charge in [-0.25, -0.2) is 18.2 Å². The highest BCUT2D eigenvalue weighted by molar-refractivity contribution is 7.13. The van der Waals surface area contributed by atoms with Gasteiger partial charge in [0.1, 0.15) is 5.01 Å². The molecular formula is C17H8F5NO2S. The summed E-state index contributed by atoms with van der Waals surface area (Å²) < 4.78 is 70.6. The number of carbonyl (C=O) groups excluding carboxylic acids is 1. The van der Waals surface area contributed by atoms with Gasteiger partial charge in [0.2, 0.25) is 34.8 Å². The van der Waals surface area contributed by atoms with Crippen LogP contribution in [0.2, 0.25) is 0 Å². The van der Waals surface area contributed by atoms with Gasteiger partial charge >= 0.3 is 5.97 Å². The third kappa shape index (κ3) is 3.43. The lowest BCUT2D eigenvalue weighted by atomic mass is 10.2. The van der Waals surface area contributed by atoms with Crippen molar-refractivity contribution in [3.63, 3.8) is 0 Å². The molecule has 2 aromatic carbocycles. The van der Waals surface area contributed by atoms with Crippen molar-refractivity contribution in [1.82, 2.24) is 4.98 Å². The Hall–Kier alpha value is -2.81. The lowest BCUT2D eigenvalue weighted by Crippen LogP contribution is -2.15. The Labute approximate surface area is 147 Å². The van der Waals surface area contributed by atoms with Crippen LogP contribution in [-0.2, 0) is 11.2 Å². The Balaban J connectivity index is 1.78. The van der Waals surface area contributed by atoms with Gasteiger partial charge in [0.25, 0.3) is 0 Å². The molecule has 0 N–H and O–H groups in total. The Bertz CT molecular complexity index is 946. The molecule has 0 saturated carbocycles. The predicted octanol–water partition coefficient (Wildman–Crippen LogP) is 4.65. The van der Waals surface area contributed by atoms with Gasteiger partial charge in [0.05, 0.1) is 12.1 Å². The van der Waals surface area contributed by atoms with E-state index in [9.17, 15) is 26.7 Å². The van der Waals surface area contributed by atoms with Crippen molar-refractivity contribution in [3.05, 3.63) is 70.5 Å². The first-order valence-electron chi connectivity index (χ1n) is 7.10. The molecule has 0 atom stereocenters. The topological polar surface area (TPSA) is 39.2 Å². The largest absolute Gasteiger partial charge is 0.420 e. The fraction of sp³-hybridized carbons (Fsp3) is 0.0588. The number of hydrogen-bond donors (Lipinski definition) is 0. The van der Waals surface area contributed by atoms with Gasteiger partial charge in [-0.3, -0.25) is 4.79 Å². The molecule has 0 fully saturated rings. The zero-order chi connectivity index (χ0) is 18.8. The van der Waals surface area contributed by atoms with Crippen molar-refractivity contribution >= 4 is 17.3 Å². The number of aromatic nitrogens is 1. The van der Waals surface area contributed by atoms with Crippen LogP contribution in [0.1, 0.15) is 5.69 Å². The maximum absolute atomic E-state index is 13.5. The SMILES string of the molecule is O=C(Cc1csc(-c2ccccc2)n1)Oc1c(F)c(F)c(F)c(F)c1F. The van der Waals surface area contributed by atoms with Crippen LogP contribution in [0.3, 0.4) is 0 Å². The first kappa shape index (κ1) is 18.0. The molecule has 9 heteroatoms. The minimum Gasteiger partial charge on any atom is -0.420 e. The van der Waals surface area contributed by atoms with E-state index in [1.165, 1.54) is 16.7 Å². The Morgan fingerprint density at radius 3 is 2.12 bits per heavy atom. The van der Waals surface area contributed by atoms with E-state index in [0.29, 0.717) is 5.01 Å². The number of hydrogen-bond acceptors (Lipinski definition) is 4. The molecule has 0 unspecified atom stereocenters. The van der Waals surface area contributed by atoms with Crippen molar-refractivity contribution < 1.29 is 31.5 Å². The summed E-state index contributed by atoms with van der Waals surface area (Å²) in [7, 11) is 0. The van der Waals surface area contributed by atoms with E-state index in [2.05, 4.69) is 9.72 Å². The molecule has 1 aromatic heterocycles. The molecule has 3 nitrogen and oxygen atoms in total. The number of halogens is 5. The van der Waals surface area contributed by atoms with Crippen LogP contribution in [0, 0.1) is 29.1 Å². The van der Waals surface area contributed by atoms with Gasteiger partial charge < -0.3 is 4.74 Å². The number of carbonyl (C=O) groups is 1. The fourth-order valence-corrected chi connectivity index (χ4v) is 2.90. The average molecular weight is 385 g/mol. The molecule has 0 aliphatic rings. The number of ether oxygens (including phenoxy) is 1. The summed E-state index contributed by atoms with van der Waals surface area (Å²) in [5, 5.41) is 2.13. The second kappa shape index (κ2) is 7.20. The van der Waals surface area contributed by atoms with E-state index >= 15 is 0 Å². The normalized spacial score (nSPS) is 10.8. The Morgan fingerprint density at radius 2 is 1.50 bits per heavy atom. The molecule has 1 heterocycles. The van der Waals surface area contributed by atoms with E-state index in [4.69, 9.17) is 0 Å². The van der Waals surface area contributed by atoms with Crippen LogP contribution >= 0.6 is 11.3 Å². The monoisotopic (exact) mass is 385 g/mol. The smallest absolute Gasteiger partial charge is 0.317 e. The second-order valence-electron chi connectivity index (χ2n) is 5.06. The van der Waals surface area contributed by atoms with Crippen LogP contribution in [0.15, 0.2) is 35.7 Å². The number of benzene rings is 2. The average Bonchev–Trinajstić information content (AvgIpc) is 3.11. The van der Waals surface area contributed by atoms with Crippen molar-refractivity contribution in [1.29, 1.82) is 0 Å². The van der Waals surface area contributed by atoms with Crippen LogP contribution in [0.25, 0.3) is 10.6 Å². The summed E-state index contributed by atoms with van der Waals surface area (Å²) in [5.74, 6) is -14.0. The van der Waals surface area contributed by atoms with Gasteiger partial charge in [0.15, 0.2) is 0 Å². The summed E-state index contributed by atoms with van der Waals surface area (Å²) >= 11 is 1.23. The maximum atomic E-state index is 13.5. The molecule has 26 heavy (non-hydrogen) atoms. The molecule has 134 valence electrons. The predicted molar refractivity (Wildman–Crippen MR) is 83.1 cm³/mol. The van der Waals surface area contributed by atoms with E-state index < -0.39 is 47.2 Å². The highest BCUT2D eigenvalue weighted by Gasteiger charge is 2.28. The molecule has 3 rings (SSSR count). The summed E-state index contributed by atoms with van der Waals surface area (Å²) in [4.78, 5) is 16.0. The van der Waals surface area contributed by atoms with Gasteiger partial charge in [-0.1, -0.05) is 30.3 Å². The number of thiazole rings is 1. The maximum Gasteiger partial charge on any atom is 0.317 e. The third-order valence-electron chi connectivity index (χ3n) is 3.28. The Kier molecular flexibility index (Phi) is 4.99. The molecule has 0 bridgehead atoms. The van der Waals surface area contributed by atoms with Crippen molar-refractivity contribution in [2.75, 3.05) is 0 Å². The quantitative estimate of drug-likeness (QED) is 0.216. The molecule has 0 aliphatic heterocycles. The molecular weight excluding hydrogens is 377 g/mol. The Morgan fingerprint density at radius 1 is 0.923 bits per heavy atom. The molecule has 0 radical (unpaired) electrons. The standard InChI is InChI=1S/C17H8F5NO2S/c18-11-12(19)14(21)16(15(22)13(11)20)25-10(24)6-9-7-26-17(23-9)8-4-2-1-3-5-8/h1-5,7H,6H2. The minimum absolute atomic E-state index is 0.239. The second-order valence-corrected chi connectivity index (χ2v) is 5.92. The van der Waals surface area contributed by atoms with Crippen molar-refractivity contribution in [2.45, 2.75) is 6.42 Å². The number of rotatable bonds is 4. The lowest BCUT2D eigenvalue weighted by Gasteiger charge is -2.08. The van der Waals surface area contributed by atoms with Gasteiger partial charge in [-0.05, 0) is 0 Å². The first-order chi connectivity index (χ1) is 12.4. The molecule has 0 saturated heterocycles. The van der Waals surface area contributed by atoms with Crippen molar-refractivity contribution in [3.8, 4) is 16.3 Å². The van der Waals surface area contributed by atoms with E-state index in [0.717, 1.165) is 5.56 Å². The van der Waals surface area contributed by atoms with Crippen LogP contribution in [-0.4, -0.2) is 11.0 Å². The molecule has 3 aromatic rings. The highest BCUT2D eigenvalue weighted by atomic mass is 32.1. The third-order valence-corrected chi connectivity index (χ3v) is 4.22. The molecule has 0 spiro atoms. The van der Waals surface area contributed by atoms with E-state index in [1.54, 1.807) is 24.3 Å². The van der Waals surface area contributed by atoms with Crippen molar-refractivity contribution in [2.24, 2.45) is 0 Å². The van der Waals surface area contributed by atoms with E-state index in [1.807, 2.05) is 6.07 Å². The number of esters is 1.